The third-order valence-corrected chi connectivity index (χ3v) is 5.35. The Hall–Kier alpha value is -2.15. The Morgan fingerprint density at radius 2 is 2.12 bits per heavy atom. The van der Waals surface area contributed by atoms with Gasteiger partial charge in [-0.25, -0.2) is 4.98 Å². The molecule has 2 aromatic rings. The van der Waals surface area contributed by atoms with Gasteiger partial charge >= 0.3 is 0 Å². The van der Waals surface area contributed by atoms with Crippen molar-refractivity contribution in [3.63, 3.8) is 0 Å². The molecular weight excluding hydrogens is 314 g/mol. The Morgan fingerprint density at radius 3 is 2.96 bits per heavy atom. The van der Waals surface area contributed by atoms with E-state index in [1.54, 1.807) is 0 Å². The van der Waals surface area contributed by atoms with Crippen LogP contribution in [0.15, 0.2) is 18.3 Å². The lowest BCUT2D eigenvalue weighted by atomic mass is 10.0. The van der Waals surface area contributed by atoms with Crippen molar-refractivity contribution in [3.05, 3.63) is 24.0 Å². The Bertz CT molecular complexity index is 692. The number of aromatic amines is 1. The quantitative estimate of drug-likeness (QED) is 0.749. The average Bonchev–Trinajstić information content (AvgIpc) is 3.37. The lowest BCUT2D eigenvalue weighted by Crippen LogP contribution is -2.25. The fourth-order valence-electron chi connectivity index (χ4n) is 4.02. The molecule has 1 aliphatic carbocycles. The van der Waals surface area contributed by atoms with Crippen LogP contribution >= 0.6 is 0 Å². The van der Waals surface area contributed by atoms with Gasteiger partial charge in [-0.2, -0.15) is 10.1 Å². The molecular formula is C18H27N7. The average molecular weight is 341 g/mol. The first-order valence-electron chi connectivity index (χ1n) is 9.37. The number of nitrogens with zero attached hydrogens (tertiary/aromatic N) is 4. The molecule has 2 fully saturated rings. The van der Waals surface area contributed by atoms with Gasteiger partial charge in [0.25, 0.3) is 0 Å². The van der Waals surface area contributed by atoms with Gasteiger partial charge in [0.15, 0.2) is 5.82 Å². The van der Waals surface area contributed by atoms with Crippen LogP contribution < -0.4 is 15.5 Å². The molecule has 0 amide bonds. The molecule has 2 aliphatic rings. The summed E-state index contributed by atoms with van der Waals surface area (Å²) in [5.41, 5.74) is 1.24. The topological polar surface area (TPSA) is 81.8 Å². The highest BCUT2D eigenvalue weighted by atomic mass is 15.3. The van der Waals surface area contributed by atoms with Crippen molar-refractivity contribution < 1.29 is 0 Å². The third kappa shape index (κ3) is 3.76. The van der Waals surface area contributed by atoms with Gasteiger partial charge < -0.3 is 15.5 Å². The molecule has 1 unspecified atom stereocenters. The summed E-state index contributed by atoms with van der Waals surface area (Å²) in [5, 5.41) is 14.2. The molecule has 3 N–H and O–H groups in total. The highest BCUT2D eigenvalue weighted by Gasteiger charge is 2.24. The minimum Gasteiger partial charge on any atom is -0.340 e. The van der Waals surface area contributed by atoms with E-state index in [1.807, 2.05) is 19.3 Å². The van der Waals surface area contributed by atoms with Gasteiger partial charge in [-0.1, -0.05) is 12.8 Å². The van der Waals surface area contributed by atoms with E-state index in [1.165, 1.54) is 37.8 Å². The smallest absolute Gasteiger partial charge is 0.227 e. The van der Waals surface area contributed by atoms with Crippen molar-refractivity contribution >= 4 is 17.6 Å². The number of aromatic nitrogens is 4. The summed E-state index contributed by atoms with van der Waals surface area (Å²) in [4.78, 5) is 11.4. The molecule has 7 nitrogen and oxygen atoms in total. The summed E-state index contributed by atoms with van der Waals surface area (Å²) in [6.07, 6.45) is 8.19. The zero-order valence-corrected chi connectivity index (χ0v) is 14.8. The van der Waals surface area contributed by atoms with Crippen molar-refractivity contribution in [3.8, 4) is 0 Å². The van der Waals surface area contributed by atoms with Gasteiger partial charge in [0, 0.05) is 37.0 Å². The summed E-state index contributed by atoms with van der Waals surface area (Å²) in [6.45, 7) is 3.08. The second kappa shape index (κ2) is 7.39. The predicted molar refractivity (Wildman–Crippen MR) is 99.4 cm³/mol. The third-order valence-electron chi connectivity index (χ3n) is 5.35. The van der Waals surface area contributed by atoms with Crippen LogP contribution in [0, 0.1) is 5.92 Å². The van der Waals surface area contributed by atoms with Gasteiger partial charge in [-0.15, -0.1) is 0 Å². The maximum absolute atomic E-state index is 4.68. The molecule has 25 heavy (non-hydrogen) atoms. The first-order valence-corrected chi connectivity index (χ1v) is 9.37. The van der Waals surface area contributed by atoms with Crippen LogP contribution in [0.1, 0.15) is 43.7 Å². The van der Waals surface area contributed by atoms with Crippen molar-refractivity contribution in [2.45, 2.75) is 38.0 Å². The minimum atomic E-state index is 0.637. The fraction of sp³-hybridized carbons (Fsp3) is 0.611. The van der Waals surface area contributed by atoms with Crippen molar-refractivity contribution in [2.75, 3.05) is 36.9 Å². The SMILES string of the molecule is CNCC1CCN(c2nccc(Nc3cc(C4CCCC4)[nH]n3)n2)C1. The molecule has 3 heterocycles. The molecule has 0 spiro atoms. The summed E-state index contributed by atoms with van der Waals surface area (Å²) < 4.78 is 0. The number of anilines is 3. The van der Waals surface area contributed by atoms with E-state index in [0.29, 0.717) is 11.8 Å². The van der Waals surface area contributed by atoms with Crippen molar-refractivity contribution in [2.24, 2.45) is 5.92 Å². The van der Waals surface area contributed by atoms with Crippen LogP contribution in [-0.4, -0.2) is 46.8 Å². The van der Waals surface area contributed by atoms with Gasteiger partial charge in [-0.3, -0.25) is 5.10 Å². The van der Waals surface area contributed by atoms with E-state index < -0.39 is 0 Å². The van der Waals surface area contributed by atoms with Gasteiger partial charge in [0.1, 0.15) is 5.82 Å². The first-order chi connectivity index (χ1) is 12.3. The highest BCUT2D eigenvalue weighted by molar-refractivity contribution is 5.53. The number of H-pyrrole nitrogens is 1. The van der Waals surface area contributed by atoms with E-state index in [2.05, 4.69) is 41.8 Å². The number of hydrogen-bond donors (Lipinski definition) is 3. The van der Waals surface area contributed by atoms with Crippen LogP contribution in [-0.2, 0) is 0 Å². The molecule has 0 bridgehead atoms. The Morgan fingerprint density at radius 1 is 1.24 bits per heavy atom. The molecule has 0 aromatic carbocycles. The summed E-state index contributed by atoms with van der Waals surface area (Å²) in [5.74, 6) is 3.74. The number of rotatable bonds is 6. The van der Waals surface area contributed by atoms with E-state index in [9.17, 15) is 0 Å². The second-order valence-corrected chi connectivity index (χ2v) is 7.22. The number of hydrogen-bond acceptors (Lipinski definition) is 6. The Balaban J connectivity index is 1.41. The highest BCUT2D eigenvalue weighted by Crippen LogP contribution is 2.34. The lowest BCUT2D eigenvalue weighted by Gasteiger charge is -2.16. The molecule has 134 valence electrons. The molecule has 2 aromatic heterocycles. The molecule has 1 saturated heterocycles. The van der Waals surface area contributed by atoms with E-state index in [4.69, 9.17) is 0 Å². The van der Waals surface area contributed by atoms with Crippen LogP contribution in [0.4, 0.5) is 17.6 Å². The summed E-state index contributed by atoms with van der Waals surface area (Å²) in [6, 6.07) is 4.02. The Kier molecular flexibility index (Phi) is 4.83. The predicted octanol–water partition coefficient (Wildman–Crippen LogP) is 2.65. The maximum atomic E-state index is 4.68. The minimum absolute atomic E-state index is 0.637. The lowest BCUT2D eigenvalue weighted by molar-refractivity contribution is 0.548. The number of nitrogens with one attached hydrogen (secondary N) is 3. The zero-order valence-electron chi connectivity index (χ0n) is 14.8. The van der Waals surface area contributed by atoms with Crippen LogP contribution in [0.5, 0.6) is 0 Å². The van der Waals surface area contributed by atoms with Gasteiger partial charge in [0.2, 0.25) is 5.95 Å². The molecule has 1 aliphatic heterocycles. The van der Waals surface area contributed by atoms with Crippen molar-refractivity contribution in [1.29, 1.82) is 0 Å². The summed E-state index contributed by atoms with van der Waals surface area (Å²) >= 11 is 0. The molecule has 0 radical (unpaired) electrons. The van der Waals surface area contributed by atoms with E-state index in [0.717, 1.165) is 37.2 Å². The van der Waals surface area contributed by atoms with Gasteiger partial charge in [0.05, 0.1) is 0 Å². The standard InChI is InChI=1S/C18H27N7/c1-19-11-13-7-9-25(12-13)18-20-8-6-16(22-18)21-17-10-15(23-24-17)14-4-2-3-5-14/h6,8,10,13-14,19H,2-5,7,9,11-12H2,1H3,(H2,20,21,22,23,24). The fourth-order valence-corrected chi connectivity index (χ4v) is 4.02. The van der Waals surface area contributed by atoms with E-state index in [-0.39, 0.29) is 0 Å². The second-order valence-electron chi connectivity index (χ2n) is 7.22. The van der Waals surface area contributed by atoms with Crippen LogP contribution in [0.2, 0.25) is 0 Å². The normalized spacial score (nSPS) is 21.2. The zero-order chi connectivity index (χ0) is 17.1. The van der Waals surface area contributed by atoms with Crippen molar-refractivity contribution in [1.82, 2.24) is 25.5 Å². The van der Waals surface area contributed by atoms with Crippen LogP contribution in [0.3, 0.4) is 0 Å². The van der Waals surface area contributed by atoms with Crippen LogP contribution in [0.25, 0.3) is 0 Å². The van der Waals surface area contributed by atoms with E-state index >= 15 is 0 Å². The Labute approximate surface area is 148 Å². The molecule has 4 rings (SSSR count). The maximum Gasteiger partial charge on any atom is 0.227 e. The van der Waals surface area contributed by atoms with Gasteiger partial charge in [-0.05, 0) is 44.8 Å². The first kappa shape index (κ1) is 16.3. The largest absolute Gasteiger partial charge is 0.340 e. The molecule has 1 atom stereocenters. The molecule has 7 heteroatoms. The summed E-state index contributed by atoms with van der Waals surface area (Å²) in [7, 11) is 2.01. The molecule has 1 saturated carbocycles. The monoisotopic (exact) mass is 341 g/mol.